The van der Waals surface area contributed by atoms with Crippen molar-refractivity contribution in [3.63, 3.8) is 0 Å². The predicted molar refractivity (Wildman–Crippen MR) is 125 cm³/mol. The molecule has 2 aromatic carbocycles. The molecule has 9 heteroatoms. The Morgan fingerprint density at radius 3 is 1.20 bits per heavy atom. The van der Waals surface area contributed by atoms with Gasteiger partial charge in [-0.1, -0.05) is 13.2 Å². The van der Waals surface area contributed by atoms with E-state index in [1.165, 1.54) is 38.1 Å². The van der Waals surface area contributed by atoms with Gasteiger partial charge in [0, 0.05) is 11.1 Å². The van der Waals surface area contributed by atoms with Crippen molar-refractivity contribution < 1.29 is 42.9 Å². The molecule has 0 radical (unpaired) electrons. The Morgan fingerprint density at radius 2 is 0.886 bits per heavy atom. The lowest BCUT2D eigenvalue weighted by Crippen LogP contribution is -2.14. The van der Waals surface area contributed by atoms with Crippen LogP contribution in [0.15, 0.2) is 72.8 Å². The van der Waals surface area contributed by atoms with Crippen LogP contribution in [0.25, 0.3) is 0 Å². The first kappa shape index (κ1) is 26.8. The molecule has 0 spiro atoms. The Kier molecular flexibility index (Phi) is 10.2. The summed E-state index contributed by atoms with van der Waals surface area (Å²) in [6.45, 7) is 9.68. The lowest BCUT2D eigenvalue weighted by Gasteiger charge is -2.09. The van der Waals surface area contributed by atoms with Crippen molar-refractivity contribution in [1.82, 2.24) is 0 Å². The van der Waals surface area contributed by atoms with Crippen molar-refractivity contribution in [2.75, 3.05) is 26.4 Å². The first-order valence-electron chi connectivity index (χ1n) is 10.5. The van der Waals surface area contributed by atoms with Gasteiger partial charge in [-0.3, -0.25) is 0 Å². The summed E-state index contributed by atoms with van der Waals surface area (Å²) in [6.07, 6.45) is 0. The zero-order chi connectivity index (χ0) is 25.8. The maximum Gasteiger partial charge on any atom is 0.338 e. The lowest BCUT2D eigenvalue weighted by atomic mass is 10.2. The van der Waals surface area contributed by atoms with E-state index in [0.717, 1.165) is 0 Å². The van der Waals surface area contributed by atoms with Gasteiger partial charge in [0.05, 0.1) is 11.1 Å². The molecule has 2 rings (SSSR count). The number of benzene rings is 2. The second-order valence-electron chi connectivity index (χ2n) is 7.26. The van der Waals surface area contributed by atoms with Crippen LogP contribution in [0.2, 0.25) is 0 Å². The van der Waals surface area contributed by atoms with E-state index in [4.69, 9.17) is 23.7 Å². The van der Waals surface area contributed by atoms with Crippen LogP contribution < -0.4 is 4.74 Å². The van der Waals surface area contributed by atoms with Crippen LogP contribution in [-0.2, 0) is 28.5 Å². The maximum absolute atomic E-state index is 12.1. The van der Waals surface area contributed by atoms with E-state index in [1.807, 2.05) is 0 Å². The molecule has 0 atom stereocenters. The average molecular weight is 482 g/mol. The van der Waals surface area contributed by atoms with E-state index in [1.54, 1.807) is 24.3 Å². The largest absolute Gasteiger partial charge is 0.459 e. The predicted octanol–water partition coefficient (Wildman–Crippen LogP) is 4.03. The number of carbonyl (C=O) groups is 4. The highest BCUT2D eigenvalue weighted by molar-refractivity contribution is 5.90. The number of carbonyl (C=O) groups excluding carboxylic acids is 4. The molecule has 184 valence electrons. The van der Waals surface area contributed by atoms with Crippen LogP contribution in [0.5, 0.6) is 11.5 Å². The molecule has 35 heavy (non-hydrogen) atoms. The van der Waals surface area contributed by atoms with Crippen LogP contribution >= 0.6 is 0 Å². The van der Waals surface area contributed by atoms with Crippen molar-refractivity contribution in [3.8, 4) is 11.5 Å². The molecule has 0 heterocycles. The summed E-state index contributed by atoms with van der Waals surface area (Å²) in [4.78, 5) is 46.7. The molecule has 0 fully saturated rings. The zero-order valence-electron chi connectivity index (χ0n) is 19.5. The zero-order valence-corrected chi connectivity index (χ0v) is 19.5. The van der Waals surface area contributed by atoms with Crippen LogP contribution in [0.4, 0.5) is 0 Å². The first-order valence-corrected chi connectivity index (χ1v) is 10.5. The number of esters is 4. The van der Waals surface area contributed by atoms with Gasteiger partial charge in [0.25, 0.3) is 0 Å². The third kappa shape index (κ3) is 9.17. The smallest absolute Gasteiger partial charge is 0.338 e. The van der Waals surface area contributed by atoms with Gasteiger partial charge >= 0.3 is 23.9 Å². The van der Waals surface area contributed by atoms with E-state index in [0.29, 0.717) is 22.6 Å². The molecule has 0 saturated carbocycles. The summed E-state index contributed by atoms with van der Waals surface area (Å²) in [5.74, 6) is -1.30. The van der Waals surface area contributed by atoms with Gasteiger partial charge in [-0.05, 0) is 62.4 Å². The standard InChI is InChI=1S/C26H26O9/c1-17(2)23(27)31-13-15-33-25(29)19-5-9-21(10-6-19)35-22-11-7-20(8-12-22)26(30)34-16-14-32-24(28)18(3)4/h5-12H,1,3,13-16H2,2,4H3. The molecule has 0 aliphatic carbocycles. The minimum Gasteiger partial charge on any atom is -0.459 e. The fourth-order valence-electron chi connectivity index (χ4n) is 2.40. The monoisotopic (exact) mass is 482 g/mol. The van der Waals surface area contributed by atoms with Crippen LogP contribution in [0.3, 0.4) is 0 Å². The summed E-state index contributed by atoms with van der Waals surface area (Å²) in [5, 5.41) is 0. The number of hydrogen-bond acceptors (Lipinski definition) is 9. The van der Waals surface area contributed by atoms with Gasteiger partial charge in [-0.15, -0.1) is 0 Å². The highest BCUT2D eigenvalue weighted by Crippen LogP contribution is 2.22. The van der Waals surface area contributed by atoms with Crippen molar-refractivity contribution in [2.45, 2.75) is 13.8 Å². The van der Waals surface area contributed by atoms with Crippen LogP contribution in [0.1, 0.15) is 34.6 Å². The second kappa shape index (κ2) is 13.3. The van der Waals surface area contributed by atoms with Crippen LogP contribution in [-0.4, -0.2) is 50.3 Å². The molecule has 0 bridgehead atoms. The number of hydrogen-bond donors (Lipinski definition) is 0. The van der Waals surface area contributed by atoms with Gasteiger partial charge in [-0.25, -0.2) is 19.2 Å². The quantitative estimate of drug-likeness (QED) is 0.191. The number of rotatable bonds is 12. The third-order valence-corrected chi connectivity index (χ3v) is 4.21. The van der Waals surface area contributed by atoms with Gasteiger partial charge in [-0.2, -0.15) is 0 Å². The molecule has 0 aromatic heterocycles. The van der Waals surface area contributed by atoms with Crippen molar-refractivity contribution in [2.24, 2.45) is 0 Å². The Labute approximate surface area is 202 Å². The minimum absolute atomic E-state index is 0.0649. The minimum atomic E-state index is -0.569. The fourth-order valence-corrected chi connectivity index (χ4v) is 2.40. The van der Waals surface area contributed by atoms with Crippen molar-refractivity contribution in [3.05, 3.63) is 84.0 Å². The second-order valence-corrected chi connectivity index (χ2v) is 7.26. The molecule has 0 unspecified atom stereocenters. The lowest BCUT2D eigenvalue weighted by molar-refractivity contribution is -0.140. The normalized spacial score (nSPS) is 10.0. The summed E-state index contributed by atoms with van der Waals surface area (Å²) in [7, 11) is 0. The first-order chi connectivity index (χ1) is 16.7. The summed E-state index contributed by atoms with van der Waals surface area (Å²) >= 11 is 0. The Balaban J connectivity index is 1.78. The molecule has 2 aromatic rings. The van der Waals surface area contributed by atoms with E-state index in [9.17, 15) is 19.2 Å². The fraction of sp³-hybridized carbons (Fsp3) is 0.231. The third-order valence-electron chi connectivity index (χ3n) is 4.21. The highest BCUT2D eigenvalue weighted by atomic mass is 16.6. The van der Waals surface area contributed by atoms with E-state index < -0.39 is 23.9 Å². The molecule has 0 aliphatic heterocycles. The SMILES string of the molecule is C=C(C)C(=O)OCCOC(=O)c1ccc(Oc2ccc(C(=O)OCCOC(=O)C(=C)C)cc2)cc1. The van der Waals surface area contributed by atoms with Crippen LogP contribution in [0, 0.1) is 0 Å². The van der Waals surface area contributed by atoms with Gasteiger partial charge in [0.15, 0.2) is 0 Å². The van der Waals surface area contributed by atoms with Crippen molar-refractivity contribution in [1.29, 1.82) is 0 Å². The number of ether oxygens (including phenoxy) is 5. The maximum atomic E-state index is 12.1. The van der Waals surface area contributed by atoms with Crippen molar-refractivity contribution >= 4 is 23.9 Å². The summed E-state index contributed by atoms with van der Waals surface area (Å²) in [6, 6.07) is 12.5. The molecular formula is C26H26O9. The molecule has 9 nitrogen and oxygen atoms in total. The average Bonchev–Trinajstić information content (AvgIpc) is 2.84. The molecule has 0 aliphatic rings. The molecule has 0 saturated heterocycles. The van der Waals surface area contributed by atoms with Gasteiger partial charge in [0.1, 0.15) is 37.9 Å². The van der Waals surface area contributed by atoms with E-state index in [2.05, 4.69) is 13.2 Å². The van der Waals surface area contributed by atoms with Gasteiger partial charge in [0.2, 0.25) is 0 Å². The Hall–Kier alpha value is -4.40. The summed E-state index contributed by atoms with van der Waals surface area (Å²) < 4.78 is 25.5. The Morgan fingerprint density at radius 1 is 0.571 bits per heavy atom. The molecule has 0 N–H and O–H groups in total. The van der Waals surface area contributed by atoms with E-state index in [-0.39, 0.29) is 37.6 Å². The topological polar surface area (TPSA) is 114 Å². The van der Waals surface area contributed by atoms with Gasteiger partial charge < -0.3 is 23.7 Å². The Bertz CT molecular complexity index is 995. The highest BCUT2D eigenvalue weighted by Gasteiger charge is 2.11. The summed E-state index contributed by atoms with van der Waals surface area (Å²) in [5.41, 5.74) is 1.13. The van der Waals surface area contributed by atoms with E-state index >= 15 is 0 Å². The molecular weight excluding hydrogens is 456 g/mol. The molecule has 0 amide bonds.